The van der Waals surface area contributed by atoms with E-state index in [4.69, 9.17) is 5.11 Å². The summed E-state index contributed by atoms with van der Waals surface area (Å²) in [5, 5.41) is 8.97. The Balaban J connectivity index is 2.46. The van der Waals surface area contributed by atoms with Crippen molar-refractivity contribution in [2.24, 2.45) is 0 Å². The molecule has 2 rings (SSSR count). The van der Waals surface area contributed by atoms with Gasteiger partial charge in [0.25, 0.3) is 0 Å². The van der Waals surface area contributed by atoms with Crippen molar-refractivity contribution in [1.29, 1.82) is 0 Å². The highest BCUT2D eigenvalue weighted by Crippen LogP contribution is 2.31. The maximum atomic E-state index is 12.4. The Morgan fingerprint density at radius 1 is 1.11 bits per heavy atom. The van der Waals surface area contributed by atoms with Crippen molar-refractivity contribution in [3.8, 4) is 11.1 Å². The zero-order chi connectivity index (χ0) is 14.0. The second-order valence-electron chi connectivity index (χ2n) is 3.78. The Morgan fingerprint density at radius 3 is 2.26 bits per heavy atom. The second kappa shape index (κ2) is 4.72. The smallest absolute Gasteiger partial charge is 0.416 e. The number of nitrogens with zero attached hydrogens (tertiary/aromatic N) is 1. The van der Waals surface area contributed by atoms with Crippen molar-refractivity contribution < 1.29 is 23.1 Å². The Labute approximate surface area is 106 Å². The van der Waals surface area contributed by atoms with E-state index in [0.29, 0.717) is 5.56 Å². The van der Waals surface area contributed by atoms with Gasteiger partial charge in [-0.15, -0.1) is 0 Å². The fourth-order valence-corrected chi connectivity index (χ4v) is 1.65. The third-order valence-electron chi connectivity index (χ3n) is 2.53. The highest BCUT2D eigenvalue weighted by Gasteiger charge is 2.30. The fraction of sp³-hybridized carbons (Fsp3) is 0.0769. The van der Waals surface area contributed by atoms with Gasteiger partial charge < -0.3 is 5.11 Å². The molecule has 0 spiro atoms. The predicted molar refractivity (Wildman–Crippen MR) is 61.6 cm³/mol. The fourth-order valence-electron chi connectivity index (χ4n) is 1.65. The molecule has 98 valence electrons. The average Bonchev–Trinajstić information content (AvgIpc) is 2.38. The molecular weight excluding hydrogens is 259 g/mol. The first-order valence-electron chi connectivity index (χ1n) is 5.25. The van der Waals surface area contributed by atoms with Crippen molar-refractivity contribution in [2.45, 2.75) is 6.18 Å². The minimum atomic E-state index is -4.41. The van der Waals surface area contributed by atoms with Crippen LogP contribution in [0.5, 0.6) is 0 Å². The molecule has 0 aliphatic rings. The van der Waals surface area contributed by atoms with Gasteiger partial charge in [0.2, 0.25) is 0 Å². The number of benzene rings is 1. The standard InChI is InChI=1S/C13H8F3NO2/c14-13(15,16)9-5-3-8(4-6-9)10-2-1-7-17-11(10)12(18)19/h1-7H,(H,18,19). The van der Waals surface area contributed by atoms with Gasteiger partial charge in [0.15, 0.2) is 5.69 Å². The number of aromatic nitrogens is 1. The minimum absolute atomic E-state index is 0.192. The summed E-state index contributed by atoms with van der Waals surface area (Å²) in [5.74, 6) is -1.23. The van der Waals surface area contributed by atoms with Gasteiger partial charge in [-0.1, -0.05) is 18.2 Å². The van der Waals surface area contributed by atoms with Crippen LogP contribution in [0.4, 0.5) is 13.2 Å². The summed E-state index contributed by atoms with van der Waals surface area (Å²) < 4.78 is 37.3. The van der Waals surface area contributed by atoms with E-state index in [1.807, 2.05) is 0 Å². The van der Waals surface area contributed by atoms with Crippen molar-refractivity contribution in [3.63, 3.8) is 0 Å². The lowest BCUT2D eigenvalue weighted by molar-refractivity contribution is -0.137. The molecule has 0 fully saturated rings. The molecule has 3 nitrogen and oxygen atoms in total. The van der Waals surface area contributed by atoms with Gasteiger partial charge in [-0.3, -0.25) is 0 Å². The van der Waals surface area contributed by atoms with Crippen LogP contribution in [0.15, 0.2) is 42.6 Å². The number of carboxylic acid groups (broad SMARTS) is 1. The molecule has 0 radical (unpaired) electrons. The van der Waals surface area contributed by atoms with E-state index in [2.05, 4.69) is 4.98 Å². The SMILES string of the molecule is O=C(O)c1ncccc1-c1ccc(C(F)(F)F)cc1. The zero-order valence-corrected chi connectivity index (χ0v) is 9.48. The molecule has 0 unspecified atom stereocenters. The molecule has 0 aliphatic heterocycles. The van der Waals surface area contributed by atoms with Gasteiger partial charge in [-0.05, 0) is 23.8 Å². The van der Waals surface area contributed by atoms with Crippen molar-refractivity contribution in [3.05, 3.63) is 53.9 Å². The van der Waals surface area contributed by atoms with E-state index < -0.39 is 17.7 Å². The monoisotopic (exact) mass is 267 g/mol. The van der Waals surface area contributed by atoms with Gasteiger partial charge >= 0.3 is 12.1 Å². The van der Waals surface area contributed by atoms with Crippen LogP contribution in [0.1, 0.15) is 16.1 Å². The molecule has 2 aromatic rings. The van der Waals surface area contributed by atoms with E-state index in [0.717, 1.165) is 12.1 Å². The van der Waals surface area contributed by atoms with Crippen molar-refractivity contribution in [2.75, 3.05) is 0 Å². The number of hydrogen-bond acceptors (Lipinski definition) is 2. The molecule has 1 heterocycles. The number of halogens is 3. The van der Waals surface area contributed by atoms with Crippen LogP contribution >= 0.6 is 0 Å². The summed E-state index contributed by atoms with van der Waals surface area (Å²) in [5.41, 5.74) is -0.318. The molecule has 6 heteroatoms. The number of pyridine rings is 1. The van der Waals surface area contributed by atoms with Gasteiger partial charge in [-0.2, -0.15) is 13.2 Å². The average molecular weight is 267 g/mol. The van der Waals surface area contributed by atoms with Crippen molar-refractivity contribution >= 4 is 5.97 Å². The zero-order valence-electron chi connectivity index (χ0n) is 9.48. The first-order chi connectivity index (χ1) is 8.89. The van der Waals surface area contributed by atoms with Crippen LogP contribution in [0.3, 0.4) is 0 Å². The highest BCUT2D eigenvalue weighted by molar-refractivity contribution is 5.93. The first kappa shape index (κ1) is 13.1. The summed E-state index contributed by atoms with van der Waals surface area (Å²) >= 11 is 0. The Bertz CT molecular complexity index is 606. The maximum Gasteiger partial charge on any atom is 0.416 e. The van der Waals surface area contributed by atoms with E-state index in [1.54, 1.807) is 0 Å². The van der Waals surface area contributed by atoms with Crippen LogP contribution in [-0.2, 0) is 6.18 Å². The van der Waals surface area contributed by atoms with Crippen LogP contribution in [-0.4, -0.2) is 16.1 Å². The molecule has 0 bridgehead atoms. The normalized spacial score (nSPS) is 11.3. The summed E-state index contributed by atoms with van der Waals surface area (Å²) in [4.78, 5) is 14.7. The maximum absolute atomic E-state index is 12.4. The topological polar surface area (TPSA) is 50.2 Å². The molecule has 0 saturated heterocycles. The quantitative estimate of drug-likeness (QED) is 0.906. The molecule has 0 saturated carbocycles. The molecule has 1 aromatic heterocycles. The van der Waals surface area contributed by atoms with Gasteiger partial charge in [0.05, 0.1) is 5.56 Å². The lowest BCUT2D eigenvalue weighted by Gasteiger charge is -2.08. The molecule has 0 aliphatic carbocycles. The van der Waals surface area contributed by atoms with Gasteiger partial charge in [-0.25, -0.2) is 9.78 Å². The van der Waals surface area contributed by atoms with Gasteiger partial charge in [0, 0.05) is 11.8 Å². The van der Waals surface area contributed by atoms with Crippen molar-refractivity contribution in [1.82, 2.24) is 4.98 Å². The number of rotatable bonds is 2. The number of hydrogen-bond donors (Lipinski definition) is 1. The van der Waals surface area contributed by atoms with E-state index in [-0.39, 0.29) is 11.3 Å². The Kier molecular flexibility index (Phi) is 3.25. The highest BCUT2D eigenvalue weighted by atomic mass is 19.4. The summed E-state index contributed by atoms with van der Waals surface area (Å²) in [6, 6.07) is 7.30. The predicted octanol–water partition coefficient (Wildman–Crippen LogP) is 3.47. The van der Waals surface area contributed by atoms with Crippen LogP contribution < -0.4 is 0 Å². The molecule has 1 aromatic carbocycles. The first-order valence-corrected chi connectivity index (χ1v) is 5.25. The van der Waals surface area contributed by atoms with Crippen LogP contribution in [0, 0.1) is 0 Å². The lowest BCUT2D eigenvalue weighted by atomic mass is 10.0. The second-order valence-corrected chi connectivity index (χ2v) is 3.78. The number of carboxylic acids is 1. The largest absolute Gasteiger partial charge is 0.476 e. The third-order valence-corrected chi connectivity index (χ3v) is 2.53. The van der Waals surface area contributed by atoms with Crippen LogP contribution in [0.2, 0.25) is 0 Å². The number of carbonyl (C=O) groups is 1. The van der Waals surface area contributed by atoms with Crippen LogP contribution in [0.25, 0.3) is 11.1 Å². The molecular formula is C13H8F3NO2. The van der Waals surface area contributed by atoms with Gasteiger partial charge in [0.1, 0.15) is 0 Å². The summed E-state index contributed by atoms with van der Waals surface area (Å²) in [7, 11) is 0. The molecule has 19 heavy (non-hydrogen) atoms. The molecule has 0 atom stereocenters. The third kappa shape index (κ3) is 2.73. The van der Waals surface area contributed by atoms with E-state index >= 15 is 0 Å². The lowest BCUT2D eigenvalue weighted by Crippen LogP contribution is -2.05. The van der Waals surface area contributed by atoms with E-state index in [1.165, 1.54) is 30.5 Å². The molecule has 0 amide bonds. The Hall–Kier alpha value is -2.37. The number of aromatic carboxylic acids is 1. The summed E-state index contributed by atoms with van der Waals surface area (Å²) in [6.07, 6.45) is -3.10. The summed E-state index contributed by atoms with van der Waals surface area (Å²) in [6.45, 7) is 0. The number of alkyl halides is 3. The Morgan fingerprint density at radius 2 is 1.74 bits per heavy atom. The van der Waals surface area contributed by atoms with E-state index in [9.17, 15) is 18.0 Å². The minimum Gasteiger partial charge on any atom is -0.476 e. The molecule has 1 N–H and O–H groups in total.